The van der Waals surface area contributed by atoms with Gasteiger partial charge in [0.2, 0.25) is 0 Å². The monoisotopic (exact) mass is 286 g/mol. The smallest absolute Gasteiger partial charge is 0.342 e. The van der Waals surface area contributed by atoms with E-state index < -0.39 is 11.8 Å². The van der Waals surface area contributed by atoms with Crippen LogP contribution in [-0.4, -0.2) is 18.1 Å². The minimum atomic E-state index is -0.666. The van der Waals surface area contributed by atoms with Crippen LogP contribution >= 0.6 is 15.9 Å². The van der Waals surface area contributed by atoms with Crippen molar-refractivity contribution in [1.29, 1.82) is 0 Å². The van der Waals surface area contributed by atoms with E-state index in [0.717, 1.165) is 0 Å². The summed E-state index contributed by atoms with van der Waals surface area (Å²) in [6.45, 7) is 0. The fraction of sp³-hybridized carbons (Fsp3) is 0.100. The van der Waals surface area contributed by atoms with Crippen LogP contribution in [0.25, 0.3) is 10.9 Å². The Morgan fingerprint density at radius 2 is 2.25 bits per heavy atom. The van der Waals surface area contributed by atoms with Crippen molar-refractivity contribution in [2.45, 2.75) is 0 Å². The number of aromatic nitrogens is 1. The summed E-state index contributed by atoms with van der Waals surface area (Å²) in [6, 6.07) is 2.79. The molecular formula is C10H8BrFN2O2. The lowest BCUT2D eigenvalue weighted by molar-refractivity contribution is 0.0604. The van der Waals surface area contributed by atoms with Gasteiger partial charge in [-0.3, -0.25) is 0 Å². The van der Waals surface area contributed by atoms with Gasteiger partial charge in [-0.05, 0) is 28.1 Å². The van der Waals surface area contributed by atoms with Crippen molar-refractivity contribution in [1.82, 2.24) is 4.98 Å². The Bertz CT molecular complexity index is 580. The van der Waals surface area contributed by atoms with Gasteiger partial charge >= 0.3 is 5.97 Å². The Morgan fingerprint density at radius 3 is 2.88 bits per heavy atom. The summed E-state index contributed by atoms with van der Waals surface area (Å²) >= 11 is 3.24. The third-order valence-corrected chi connectivity index (χ3v) is 2.93. The Labute approximate surface area is 98.7 Å². The van der Waals surface area contributed by atoms with E-state index in [0.29, 0.717) is 9.99 Å². The lowest BCUT2D eigenvalue weighted by Crippen LogP contribution is -2.04. The van der Waals surface area contributed by atoms with E-state index in [1.165, 1.54) is 19.2 Å². The Hall–Kier alpha value is -1.56. The molecule has 1 heterocycles. The van der Waals surface area contributed by atoms with Crippen molar-refractivity contribution in [3.63, 3.8) is 0 Å². The first-order valence-electron chi connectivity index (χ1n) is 4.39. The van der Waals surface area contributed by atoms with Crippen molar-refractivity contribution in [2.75, 3.05) is 12.8 Å². The molecule has 2 aromatic rings. The van der Waals surface area contributed by atoms with Gasteiger partial charge in [-0.1, -0.05) is 0 Å². The topological polar surface area (TPSA) is 68.1 Å². The second kappa shape index (κ2) is 3.79. The summed E-state index contributed by atoms with van der Waals surface area (Å²) in [5.74, 6) is -1.10. The largest absolute Gasteiger partial charge is 0.465 e. The highest BCUT2D eigenvalue weighted by Crippen LogP contribution is 2.32. The first-order chi connectivity index (χ1) is 7.56. The van der Waals surface area contributed by atoms with Crippen LogP contribution in [0.3, 0.4) is 0 Å². The van der Waals surface area contributed by atoms with Crippen molar-refractivity contribution in [2.24, 2.45) is 0 Å². The number of nitrogens with one attached hydrogen (secondary N) is 1. The number of esters is 1. The molecule has 1 aromatic heterocycles. The molecule has 0 unspecified atom stereocenters. The average molecular weight is 287 g/mol. The van der Waals surface area contributed by atoms with E-state index in [4.69, 9.17) is 5.73 Å². The third-order valence-electron chi connectivity index (χ3n) is 2.27. The maximum absolute atomic E-state index is 13.6. The summed E-state index contributed by atoms with van der Waals surface area (Å²) in [6.07, 6.45) is 0. The van der Waals surface area contributed by atoms with Crippen LogP contribution in [0.4, 0.5) is 10.2 Å². The molecule has 0 atom stereocenters. The van der Waals surface area contributed by atoms with Crippen LogP contribution in [0.2, 0.25) is 0 Å². The number of halogens is 2. The second-order valence-electron chi connectivity index (χ2n) is 3.18. The molecule has 6 heteroatoms. The molecular weight excluding hydrogens is 279 g/mol. The number of ether oxygens (including phenoxy) is 1. The predicted molar refractivity (Wildman–Crippen MR) is 61.7 cm³/mol. The normalized spacial score (nSPS) is 10.7. The number of H-pyrrole nitrogens is 1. The molecule has 0 spiro atoms. The maximum Gasteiger partial charge on any atom is 0.342 e. The van der Waals surface area contributed by atoms with Crippen LogP contribution in [0.1, 0.15) is 10.4 Å². The minimum Gasteiger partial charge on any atom is -0.465 e. The number of hydrogen-bond acceptors (Lipinski definition) is 3. The van der Waals surface area contributed by atoms with Crippen LogP contribution in [0.5, 0.6) is 0 Å². The quantitative estimate of drug-likeness (QED) is 0.791. The van der Waals surface area contributed by atoms with Gasteiger partial charge in [0.1, 0.15) is 17.2 Å². The van der Waals surface area contributed by atoms with Gasteiger partial charge in [0.05, 0.1) is 18.0 Å². The molecule has 2 rings (SSSR count). The van der Waals surface area contributed by atoms with E-state index in [-0.39, 0.29) is 16.8 Å². The molecule has 16 heavy (non-hydrogen) atoms. The van der Waals surface area contributed by atoms with Crippen LogP contribution in [0.15, 0.2) is 16.6 Å². The van der Waals surface area contributed by atoms with Gasteiger partial charge in [0.25, 0.3) is 0 Å². The first kappa shape index (κ1) is 10.9. The number of nitrogen functional groups attached to an aromatic ring is 1. The third kappa shape index (κ3) is 1.46. The molecule has 0 bridgehead atoms. The number of carbonyl (C=O) groups is 1. The molecule has 0 fully saturated rings. The molecule has 4 nitrogen and oxygen atoms in total. The molecule has 0 saturated carbocycles. The Balaban J connectivity index is 2.88. The SMILES string of the molecule is COC(=O)c1c(N)[nH]c2c(Br)ccc(F)c12. The zero-order valence-corrected chi connectivity index (χ0v) is 9.89. The van der Waals surface area contributed by atoms with Crippen molar-refractivity contribution in [3.8, 4) is 0 Å². The minimum absolute atomic E-state index is 0.0244. The van der Waals surface area contributed by atoms with Gasteiger partial charge < -0.3 is 15.5 Å². The van der Waals surface area contributed by atoms with Crippen LogP contribution < -0.4 is 5.73 Å². The lowest BCUT2D eigenvalue weighted by atomic mass is 10.1. The zero-order valence-electron chi connectivity index (χ0n) is 8.30. The molecule has 84 valence electrons. The number of benzene rings is 1. The number of carbonyl (C=O) groups excluding carboxylic acids is 1. The number of anilines is 1. The highest BCUT2D eigenvalue weighted by Gasteiger charge is 2.21. The highest BCUT2D eigenvalue weighted by atomic mass is 79.9. The number of hydrogen-bond donors (Lipinski definition) is 2. The number of rotatable bonds is 1. The van der Waals surface area contributed by atoms with E-state index >= 15 is 0 Å². The second-order valence-corrected chi connectivity index (χ2v) is 4.04. The van der Waals surface area contributed by atoms with Gasteiger partial charge in [-0.25, -0.2) is 9.18 Å². The van der Waals surface area contributed by atoms with Gasteiger partial charge in [-0.2, -0.15) is 0 Å². The van der Waals surface area contributed by atoms with E-state index in [2.05, 4.69) is 25.7 Å². The van der Waals surface area contributed by atoms with Gasteiger partial charge in [0.15, 0.2) is 0 Å². The molecule has 1 aromatic carbocycles. The average Bonchev–Trinajstić information content (AvgIpc) is 2.61. The molecule has 0 aliphatic carbocycles. The maximum atomic E-state index is 13.6. The summed E-state index contributed by atoms with van der Waals surface area (Å²) in [7, 11) is 1.22. The first-order valence-corrected chi connectivity index (χ1v) is 5.19. The summed E-state index contributed by atoms with van der Waals surface area (Å²) in [4.78, 5) is 14.2. The lowest BCUT2D eigenvalue weighted by Gasteiger charge is -1.99. The molecule has 0 aliphatic rings. The summed E-state index contributed by atoms with van der Waals surface area (Å²) in [5.41, 5.74) is 6.09. The molecule has 0 saturated heterocycles. The fourth-order valence-electron chi connectivity index (χ4n) is 1.56. The number of aromatic amines is 1. The Kier molecular flexibility index (Phi) is 2.59. The molecule has 0 amide bonds. The summed E-state index contributed by atoms with van der Waals surface area (Å²) < 4.78 is 18.8. The molecule has 0 aliphatic heterocycles. The molecule has 0 radical (unpaired) electrons. The molecule has 3 N–H and O–H groups in total. The van der Waals surface area contributed by atoms with Crippen molar-refractivity contribution in [3.05, 3.63) is 28.0 Å². The van der Waals surface area contributed by atoms with Gasteiger partial charge in [-0.15, -0.1) is 0 Å². The Morgan fingerprint density at radius 1 is 1.56 bits per heavy atom. The highest BCUT2D eigenvalue weighted by molar-refractivity contribution is 9.10. The number of methoxy groups -OCH3 is 1. The van der Waals surface area contributed by atoms with Crippen LogP contribution in [-0.2, 0) is 4.74 Å². The van der Waals surface area contributed by atoms with Gasteiger partial charge in [0, 0.05) is 4.47 Å². The number of nitrogens with two attached hydrogens (primary N) is 1. The number of fused-ring (bicyclic) bond motifs is 1. The predicted octanol–water partition coefficient (Wildman–Crippen LogP) is 2.44. The standard InChI is InChI=1S/C10H8BrFN2O2/c1-16-10(15)7-6-5(12)3-2-4(11)8(6)14-9(7)13/h2-3,14H,13H2,1H3. The van der Waals surface area contributed by atoms with Crippen molar-refractivity contribution < 1.29 is 13.9 Å². The fourth-order valence-corrected chi connectivity index (χ4v) is 1.99. The summed E-state index contributed by atoms with van der Waals surface area (Å²) in [5, 5.41) is 0.138. The van der Waals surface area contributed by atoms with Crippen molar-refractivity contribution >= 4 is 38.6 Å². The van der Waals surface area contributed by atoms with Crippen LogP contribution in [0, 0.1) is 5.82 Å². The van der Waals surface area contributed by atoms with E-state index in [1.54, 1.807) is 0 Å². The zero-order chi connectivity index (χ0) is 11.9. The van der Waals surface area contributed by atoms with E-state index in [1.807, 2.05) is 0 Å². The van der Waals surface area contributed by atoms with E-state index in [9.17, 15) is 9.18 Å².